The first-order valence-corrected chi connectivity index (χ1v) is 9.29. The fraction of sp³-hybridized carbons (Fsp3) is 0.409. The number of anilines is 1. The van der Waals surface area contributed by atoms with Gasteiger partial charge in [0.1, 0.15) is 5.75 Å². The second-order valence-electron chi connectivity index (χ2n) is 7.06. The van der Waals surface area contributed by atoms with E-state index in [-0.39, 0.29) is 5.91 Å². The van der Waals surface area contributed by atoms with Gasteiger partial charge in [-0.1, -0.05) is 24.3 Å². The summed E-state index contributed by atoms with van der Waals surface area (Å²) in [6, 6.07) is 16.3. The molecule has 5 heteroatoms. The third-order valence-corrected chi connectivity index (χ3v) is 4.39. The Hall–Kier alpha value is -2.53. The number of ether oxygens (including phenoxy) is 1. The highest BCUT2D eigenvalue weighted by Gasteiger charge is 2.13. The average molecular weight is 370 g/mol. The lowest BCUT2D eigenvalue weighted by molar-refractivity contribution is -0.131. The SMILES string of the molecule is CCOc1ccc(CN(C)CC(=O)N(C)Cc2ccc(N(C)C)cc2)cc1. The Morgan fingerprint density at radius 2 is 1.41 bits per heavy atom. The monoisotopic (exact) mass is 369 g/mol. The Morgan fingerprint density at radius 3 is 1.96 bits per heavy atom. The van der Waals surface area contributed by atoms with Crippen molar-refractivity contribution in [3.8, 4) is 5.75 Å². The maximum atomic E-state index is 12.5. The highest BCUT2D eigenvalue weighted by Crippen LogP contribution is 2.15. The van der Waals surface area contributed by atoms with Crippen LogP contribution in [0.25, 0.3) is 0 Å². The number of rotatable bonds is 9. The summed E-state index contributed by atoms with van der Waals surface area (Å²) >= 11 is 0. The number of hydrogen-bond donors (Lipinski definition) is 0. The molecule has 2 rings (SSSR count). The van der Waals surface area contributed by atoms with Crippen molar-refractivity contribution in [2.45, 2.75) is 20.0 Å². The summed E-state index contributed by atoms with van der Waals surface area (Å²) < 4.78 is 5.46. The molecule has 0 bridgehead atoms. The van der Waals surface area contributed by atoms with Gasteiger partial charge in [0, 0.05) is 39.9 Å². The number of carbonyl (C=O) groups is 1. The Kier molecular flexibility index (Phi) is 7.67. The average Bonchev–Trinajstić information content (AvgIpc) is 2.64. The molecule has 0 aliphatic carbocycles. The van der Waals surface area contributed by atoms with Crippen LogP contribution < -0.4 is 9.64 Å². The maximum absolute atomic E-state index is 12.5. The van der Waals surface area contributed by atoms with Crippen LogP contribution in [0.3, 0.4) is 0 Å². The van der Waals surface area contributed by atoms with Gasteiger partial charge in [-0.15, -0.1) is 0 Å². The van der Waals surface area contributed by atoms with Crippen LogP contribution >= 0.6 is 0 Å². The molecule has 146 valence electrons. The van der Waals surface area contributed by atoms with Gasteiger partial charge in [-0.05, 0) is 49.4 Å². The molecule has 27 heavy (non-hydrogen) atoms. The molecule has 0 saturated heterocycles. The van der Waals surface area contributed by atoms with Crippen LogP contribution in [-0.4, -0.2) is 57.0 Å². The van der Waals surface area contributed by atoms with E-state index in [2.05, 4.69) is 29.2 Å². The second kappa shape index (κ2) is 9.97. The van der Waals surface area contributed by atoms with E-state index in [1.807, 2.05) is 64.3 Å². The summed E-state index contributed by atoms with van der Waals surface area (Å²) in [6.07, 6.45) is 0. The van der Waals surface area contributed by atoms with Crippen molar-refractivity contribution in [1.82, 2.24) is 9.80 Å². The van der Waals surface area contributed by atoms with Gasteiger partial charge in [0.25, 0.3) is 0 Å². The molecule has 0 radical (unpaired) electrons. The maximum Gasteiger partial charge on any atom is 0.236 e. The summed E-state index contributed by atoms with van der Waals surface area (Å²) in [5.74, 6) is 0.986. The lowest BCUT2D eigenvalue weighted by atomic mass is 10.2. The number of carbonyl (C=O) groups excluding carboxylic acids is 1. The van der Waals surface area contributed by atoms with Gasteiger partial charge in [-0.25, -0.2) is 0 Å². The highest BCUT2D eigenvalue weighted by atomic mass is 16.5. The van der Waals surface area contributed by atoms with Crippen LogP contribution in [0.15, 0.2) is 48.5 Å². The van der Waals surface area contributed by atoms with Crippen LogP contribution in [-0.2, 0) is 17.9 Å². The van der Waals surface area contributed by atoms with Crippen molar-refractivity contribution in [2.75, 3.05) is 46.2 Å². The van der Waals surface area contributed by atoms with Crippen molar-refractivity contribution in [3.63, 3.8) is 0 Å². The fourth-order valence-electron chi connectivity index (χ4n) is 2.84. The first kappa shape index (κ1) is 20.8. The molecule has 0 spiro atoms. The Morgan fingerprint density at radius 1 is 0.852 bits per heavy atom. The number of nitrogens with zero attached hydrogens (tertiary/aromatic N) is 3. The quantitative estimate of drug-likeness (QED) is 0.680. The third-order valence-electron chi connectivity index (χ3n) is 4.39. The number of hydrogen-bond acceptors (Lipinski definition) is 4. The van der Waals surface area contributed by atoms with Crippen molar-refractivity contribution >= 4 is 11.6 Å². The first-order valence-electron chi connectivity index (χ1n) is 9.29. The Labute approximate surface area is 163 Å². The molecule has 1 amide bonds. The van der Waals surface area contributed by atoms with Crippen LogP contribution in [0.2, 0.25) is 0 Å². The van der Waals surface area contributed by atoms with E-state index in [0.717, 1.165) is 29.1 Å². The molecule has 0 atom stereocenters. The predicted octanol–water partition coefficient (Wildman–Crippen LogP) is 3.24. The minimum absolute atomic E-state index is 0.111. The van der Waals surface area contributed by atoms with Gasteiger partial charge < -0.3 is 14.5 Å². The second-order valence-corrected chi connectivity index (χ2v) is 7.06. The van der Waals surface area contributed by atoms with E-state index >= 15 is 0 Å². The third kappa shape index (κ3) is 6.61. The summed E-state index contributed by atoms with van der Waals surface area (Å²) in [5, 5.41) is 0. The van der Waals surface area contributed by atoms with E-state index in [0.29, 0.717) is 19.7 Å². The highest BCUT2D eigenvalue weighted by molar-refractivity contribution is 5.78. The first-order chi connectivity index (χ1) is 12.9. The molecule has 2 aromatic rings. The van der Waals surface area contributed by atoms with Gasteiger partial charge >= 0.3 is 0 Å². The molecule has 5 nitrogen and oxygen atoms in total. The summed E-state index contributed by atoms with van der Waals surface area (Å²) in [6.45, 7) is 4.37. The minimum atomic E-state index is 0.111. The van der Waals surface area contributed by atoms with Gasteiger partial charge in [0.15, 0.2) is 0 Å². The number of likely N-dealkylation sites (N-methyl/N-ethyl adjacent to an activating group) is 2. The van der Waals surface area contributed by atoms with Crippen molar-refractivity contribution < 1.29 is 9.53 Å². The molecule has 0 aromatic heterocycles. The van der Waals surface area contributed by atoms with E-state index < -0.39 is 0 Å². The van der Waals surface area contributed by atoms with Gasteiger partial charge in [-0.3, -0.25) is 9.69 Å². The van der Waals surface area contributed by atoms with Gasteiger partial charge in [0.2, 0.25) is 5.91 Å². The van der Waals surface area contributed by atoms with Crippen LogP contribution in [0.5, 0.6) is 5.75 Å². The zero-order valence-electron chi connectivity index (χ0n) is 17.1. The number of amides is 1. The van der Waals surface area contributed by atoms with Gasteiger partial charge in [-0.2, -0.15) is 0 Å². The van der Waals surface area contributed by atoms with Gasteiger partial charge in [0.05, 0.1) is 13.2 Å². The largest absolute Gasteiger partial charge is 0.494 e. The van der Waals surface area contributed by atoms with Crippen molar-refractivity contribution in [2.24, 2.45) is 0 Å². The molecular formula is C22H31N3O2. The molecular weight excluding hydrogens is 338 g/mol. The minimum Gasteiger partial charge on any atom is -0.494 e. The molecule has 0 fully saturated rings. The molecule has 2 aromatic carbocycles. The fourth-order valence-corrected chi connectivity index (χ4v) is 2.84. The Bertz CT molecular complexity index is 711. The van der Waals surface area contributed by atoms with E-state index in [1.165, 1.54) is 0 Å². The zero-order valence-corrected chi connectivity index (χ0v) is 17.1. The van der Waals surface area contributed by atoms with Crippen LogP contribution in [0.1, 0.15) is 18.1 Å². The van der Waals surface area contributed by atoms with Crippen molar-refractivity contribution in [1.29, 1.82) is 0 Å². The van der Waals surface area contributed by atoms with E-state index in [4.69, 9.17) is 4.74 Å². The van der Waals surface area contributed by atoms with E-state index in [1.54, 1.807) is 4.90 Å². The molecule has 0 heterocycles. The normalized spacial score (nSPS) is 10.7. The lowest BCUT2D eigenvalue weighted by Gasteiger charge is -2.22. The summed E-state index contributed by atoms with van der Waals surface area (Å²) in [4.78, 5) is 18.4. The Balaban J connectivity index is 1.83. The molecule has 0 aliphatic heterocycles. The smallest absolute Gasteiger partial charge is 0.236 e. The van der Waals surface area contributed by atoms with Crippen LogP contribution in [0.4, 0.5) is 5.69 Å². The lowest BCUT2D eigenvalue weighted by Crippen LogP contribution is -2.36. The predicted molar refractivity (Wildman–Crippen MR) is 111 cm³/mol. The van der Waals surface area contributed by atoms with Crippen LogP contribution in [0, 0.1) is 0 Å². The topological polar surface area (TPSA) is 36.0 Å². The van der Waals surface area contributed by atoms with Crippen molar-refractivity contribution in [3.05, 3.63) is 59.7 Å². The molecule has 0 N–H and O–H groups in total. The van der Waals surface area contributed by atoms with E-state index in [9.17, 15) is 4.79 Å². The summed E-state index contributed by atoms with van der Waals surface area (Å²) in [5.41, 5.74) is 3.45. The molecule has 0 saturated carbocycles. The number of benzene rings is 2. The zero-order chi connectivity index (χ0) is 19.8. The molecule has 0 aliphatic rings. The standard InChI is InChI=1S/C22H31N3O2/c1-6-27-21-13-9-18(10-14-21)15-24(4)17-22(26)25(5)16-19-7-11-20(12-8-19)23(2)3/h7-14H,6,15-17H2,1-5H3. The molecule has 0 unspecified atom stereocenters. The summed E-state index contributed by atoms with van der Waals surface area (Å²) in [7, 11) is 7.86.